The van der Waals surface area contributed by atoms with Crippen molar-refractivity contribution in [1.82, 2.24) is 0 Å². The number of benzene rings is 1. The number of hydrogen-bond donors (Lipinski definition) is 2. The number of aliphatic hydroxyl groups excluding tert-OH is 1. The van der Waals surface area contributed by atoms with Gasteiger partial charge in [0.05, 0.1) is 0 Å². The van der Waals surface area contributed by atoms with E-state index in [9.17, 15) is 4.79 Å². The molecule has 1 aromatic rings. The Morgan fingerprint density at radius 3 is 2.53 bits per heavy atom. The third kappa shape index (κ3) is 3.69. The Balaban J connectivity index is 2.67. The summed E-state index contributed by atoms with van der Waals surface area (Å²) in [6, 6.07) is 6.78. The minimum Gasteiger partial charge on any atom is -0.427 e. The number of esters is 1. The maximum Gasteiger partial charge on any atom is 0.308 e. The summed E-state index contributed by atoms with van der Waals surface area (Å²) >= 11 is 0. The summed E-state index contributed by atoms with van der Waals surface area (Å²) in [5, 5.41) is 8.72. The molecule has 4 heteroatoms. The first kappa shape index (κ1) is 11.7. The second-order valence-corrected chi connectivity index (χ2v) is 3.28. The largest absolute Gasteiger partial charge is 0.427 e. The fourth-order valence-corrected chi connectivity index (χ4v) is 1.25. The van der Waals surface area contributed by atoms with Crippen LogP contribution >= 0.6 is 0 Å². The highest BCUT2D eigenvalue weighted by atomic mass is 16.5. The molecule has 0 aliphatic carbocycles. The molecule has 0 fully saturated rings. The van der Waals surface area contributed by atoms with E-state index in [1.807, 2.05) is 0 Å². The van der Waals surface area contributed by atoms with Crippen molar-refractivity contribution in [3.8, 4) is 5.75 Å². The van der Waals surface area contributed by atoms with E-state index in [0.29, 0.717) is 12.2 Å². The number of hydrogen-bond acceptors (Lipinski definition) is 4. The van der Waals surface area contributed by atoms with Gasteiger partial charge in [-0.05, 0) is 24.1 Å². The van der Waals surface area contributed by atoms with Gasteiger partial charge in [-0.1, -0.05) is 12.1 Å². The van der Waals surface area contributed by atoms with Crippen LogP contribution in [0.2, 0.25) is 0 Å². The van der Waals surface area contributed by atoms with Gasteiger partial charge in [-0.2, -0.15) is 0 Å². The quantitative estimate of drug-likeness (QED) is 0.573. The Morgan fingerprint density at radius 2 is 2.07 bits per heavy atom. The second kappa shape index (κ2) is 5.48. The van der Waals surface area contributed by atoms with Crippen LogP contribution in [0.3, 0.4) is 0 Å². The molecular weight excluding hydrogens is 194 g/mol. The van der Waals surface area contributed by atoms with Crippen molar-refractivity contribution >= 4 is 5.97 Å². The highest BCUT2D eigenvalue weighted by Gasteiger charge is 2.05. The minimum absolute atomic E-state index is 0.0624. The van der Waals surface area contributed by atoms with Crippen LogP contribution in [0, 0.1) is 0 Å². The summed E-state index contributed by atoms with van der Waals surface area (Å²) in [6.45, 7) is 1.41. The van der Waals surface area contributed by atoms with E-state index < -0.39 is 0 Å². The second-order valence-electron chi connectivity index (χ2n) is 3.28. The Kier molecular flexibility index (Phi) is 4.27. The predicted octanol–water partition coefficient (Wildman–Crippen LogP) is 0.994. The minimum atomic E-state index is -0.345. The maximum atomic E-state index is 10.7. The molecule has 15 heavy (non-hydrogen) atoms. The lowest BCUT2D eigenvalue weighted by Crippen LogP contribution is -2.11. The Bertz CT molecular complexity index is 321. The van der Waals surface area contributed by atoms with Crippen molar-refractivity contribution < 1.29 is 14.6 Å². The standard InChI is InChI=1S/C11H15NO3/c1-8(14)15-10-4-2-9(3-5-10)11(12)6-7-13/h2-5,11,13H,6-7,12H2,1H3/t11-/m1/s1. The Morgan fingerprint density at radius 1 is 1.47 bits per heavy atom. The Labute approximate surface area is 88.7 Å². The molecule has 0 unspecified atom stereocenters. The molecule has 0 heterocycles. The van der Waals surface area contributed by atoms with Crippen LogP contribution in [0.4, 0.5) is 0 Å². The number of carbonyl (C=O) groups is 1. The topological polar surface area (TPSA) is 72.5 Å². The van der Waals surface area contributed by atoms with E-state index in [4.69, 9.17) is 15.6 Å². The molecule has 3 N–H and O–H groups in total. The number of aliphatic hydroxyl groups is 1. The Hall–Kier alpha value is -1.39. The van der Waals surface area contributed by atoms with E-state index in [1.165, 1.54) is 6.92 Å². The summed E-state index contributed by atoms with van der Waals surface area (Å²) in [4.78, 5) is 10.7. The van der Waals surface area contributed by atoms with Crippen LogP contribution in [0.5, 0.6) is 5.75 Å². The van der Waals surface area contributed by atoms with Gasteiger partial charge in [0.25, 0.3) is 0 Å². The average Bonchev–Trinajstić information content (AvgIpc) is 2.18. The predicted molar refractivity (Wildman–Crippen MR) is 56.4 cm³/mol. The van der Waals surface area contributed by atoms with Crippen LogP contribution in [-0.2, 0) is 4.79 Å². The van der Waals surface area contributed by atoms with Gasteiger partial charge in [-0.25, -0.2) is 0 Å². The lowest BCUT2D eigenvalue weighted by molar-refractivity contribution is -0.131. The first-order valence-electron chi connectivity index (χ1n) is 4.78. The lowest BCUT2D eigenvalue weighted by Gasteiger charge is -2.10. The van der Waals surface area contributed by atoms with Crippen molar-refractivity contribution in [2.24, 2.45) is 5.73 Å². The molecule has 0 aromatic heterocycles. The van der Waals surface area contributed by atoms with Crippen molar-refractivity contribution in [3.63, 3.8) is 0 Å². The molecule has 82 valence electrons. The van der Waals surface area contributed by atoms with Gasteiger partial charge in [0.15, 0.2) is 0 Å². The average molecular weight is 209 g/mol. The van der Waals surface area contributed by atoms with Gasteiger partial charge < -0.3 is 15.6 Å². The van der Waals surface area contributed by atoms with Crippen LogP contribution < -0.4 is 10.5 Å². The number of ether oxygens (including phenoxy) is 1. The SMILES string of the molecule is CC(=O)Oc1ccc([C@H](N)CCO)cc1. The molecule has 0 aliphatic rings. The fourth-order valence-electron chi connectivity index (χ4n) is 1.25. The smallest absolute Gasteiger partial charge is 0.308 e. The number of carbonyl (C=O) groups excluding carboxylic acids is 1. The molecule has 0 saturated carbocycles. The molecule has 0 bridgehead atoms. The molecule has 4 nitrogen and oxygen atoms in total. The van der Waals surface area contributed by atoms with Gasteiger partial charge in [-0.15, -0.1) is 0 Å². The molecule has 0 spiro atoms. The van der Waals surface area contributed by atoms with E-state index in [0.717, 1.165) is 5.56 Å². The molecule has 0 amide bonds. The highest BCUT2D eigenvalue weighted by molar-refractivity contribution is 5.69. The van der Waals surface area contributed by atoms with Crippen LogP contribution in [0.15, 0.2) is 24.3 Å². The molecule has 0 aliphatic heterocycles. The van der Waals surface area contributed by atoms with E-state index >= 15 is 0 Å². The third-order valence-corrected chi connectivity index (χ3v) is 2.01. The van der Waals surface area contributed by atoms with E-state index in [2.05, 4.69) is 0 Å². The molecule has 1 rings (SSSR count). The molecule has 1 aromatic carbocycles. The first-order valence-corrected chi connectivity index (χ1v) is 4.78. The lowest BCUT2D eigenvalue weighted by atomic mass is 10.1. The van der Waals surface area contributed by atoms with Gasteiger partial charge in [-0.3, -0.25) is 4.79 Å². The van der Waals surface area contributed by atoms with Crippen LogP contribution in [0.25, 0.3) is 0 Å². The first-order chi connectivity index (χ1) is 7.13. The summed E-state index contributed by atoms with van der Waals surface area (Å²) < 4.78 is 4.88. The zero-order valence-electron chi connectivity index (χ0n) is 8.64. The highest BCUT2D eigenvalue weighted by Crippen LogP contribution is 2.18. The summed E-state index contributed by atoms with van der Waals surface area (Å²) in [5.74, 6) is 0.157. The summed E-state index contributed by atoms with van der Waals surface area (Å²) in [5.41, 5.74) is 6.71. The zero-order chi connectivity index (χ0) is 11.3. The van der Waals surface area contributed by atoms with Crippen LogP contribution in [-0.4, -0.2) is 17.7 Å². The summed E-state index contributed by atoms with van der Waals surface area (Å²) in [7, 11) is 0. The van der Waals surface area contributed by atoms with Crippen molar-refractivity contribution in [2.75, 3.05) is 6.61 Å². The third-order valence-electron chi connectivity index (χ3n) is 2.01. The van der Waals surface area contributed by atoms with Crippen molar-refractivity contribution in [2.45, 2.75) is 19.4 Å². The van der Waals surface area contributed by atoms with E-state index in [1.54, 1.807) is 24.3 Å². The van der Waals surface area contributed by atoms with Crippen LogP contribution in [0.1, 0.15) is 24.9 Å². The number of rotatable bonds is 4. The molecular formula is C11H15NO3. The summed E-state index contributed by atoms with van der Waals surface area (Å²) in [6.07, 6.45) is 0.521. The van der Waals surface area contributed by atoms with E-state index in [-0.39, 0.29) is 18.6 Å². The van der Waals surface area contributed by atoms with Gasteiger partial charge in [0.2, 0.25) is 0 Å². The van der Waals surface area contributed by atoms with Gasteiger partial charge in [0.1, 0.15) is 5.75 Å². The fraction of sp³-hybridized carbons (Fsp3) is 0.364. The monoisotopic (exact) mass is 209 g/mol. The number of nitrogens with two attached hydrogens (primary N) is 1. The van der Waals surface area contributed by atoms with Gasteiger partial charge >= 0.3 is 5.97 Å². The normalized spacial score (nSPS) is 12.2. The molecule has 1 atom stereocenters. The van der Waals surface area contributed by atoms with Gasteiger partial charge in [0, 0.05) is 19.6 Å². The van der Waals surface area contributed by atoms with Crippen molar-refractivity contribution in [3.05, 3.63) is 29.8 Å². The molecule has 0 saturated heterocycles. The maximum absolute atomic E-state index is 10.7. The zero-order valence-corrected chi connectivity index (χ0v) is 8.64. The molecule has 0 radical (unpaired) electrons. The van der Waals surface area contributed by atoms with Crippen molar-refractivity contribution in [1.29, 1.82) is 0 Å².